The fourth-order valence-electron chi connectivity index (χ4n) is 2.87. The lowest BCUT2D eigenvalue weighted by atomic mass is 10.2. The maximum Gasteiger partial charge on any atom is 0.324 e. The van der Waals surface area contributed by atoms with E-state index < -0.39 is 32.7 Å². The average molecular weight is 363 g/mol. The SMILES string of the molecule is O=C(OCc1ccccc1)C1CCCN1S(=O)(=O)c1ccccc1F. The number of sulfonamides is 1. The van der Waals surface area contributed by atoms with Crippen molar-refractivity contribution < 1.29 is 22.3 Å². The third-order valence-electron chi connectivity index (χ3n) is 4.12. The number of rotatable bonds is 5. The highest BCUT2D eigenvalue weighted by atomic mass is 32.2. The van der Waals surface area contributed by atoms with Crippen LogP contribution in [0.3, 0.4) is 0 Å². The Morgan fingerprint density at radius 2 is 1.80 bits per heavy atom. The molecule has 1 heterocycles. The van der Waals surface area contributed by atoms with Crippen molar-refractivity contribution >= 4 is 16.0 Å². The molecule has 0 bridgehead atoms. The largest absolute Gasteiger partial charge is 0.460 e. The predicted molar refractivity (Wildman–Crippen MR) is 89.6 cm³/mol. The van der Waals surface area contributed by atoms with Gasteiger partial charge in [-0.3, -0.25) is 4.79 Å². The molecule has 132 valence electrons. The zero-order chi connectivity index (χ0) is 17.9. The molecule has 0 aromatic heterocycles. The minimum absolute atomic E-state index is 0.0732. The standard InChI is InChI=1S/C18H18FNO4S/c19-15-9-4-5-11-17(15)25(22,23)20-12-6-10-16(20)18(21)24-13-14-7-2-1-3-8-14/h1-5,7-9,11,16H,6,10,12-13H2. The lowest BCUT2D eigenvalue weighted by Gasteiger charge is -2.23. The smallest absolute Gasteiger partial charge is 0.324 e. The molecule has 1 aliphatic heterocycles. The van der Waals surface area contributed by atoms with E-state index in [1.807, 2.05) is 30.3 Å². The van der Waals surface area contributed by atoms with Gasteiger partial charge < -0.3 is 4.74 Å². The molecule has 0 aliphatic carbocycles. The summed E-state index contributed by atoms with van der Waals surface area (Å²) < 4.78 is 45.7. The predicted octanol–water partition coefficient (Wildman–Crippen LogP) is 2.72. The lowest BCUT2D eigenvalue weighted by molar-refractivity contribution is -0.148. The Balaban J connectivity index is 1.76. The second-order valence-corrected chi connectivity index (χ2v) is 7.66. The van der Waals surface area contributed by atoms with Gasteiger partial charge in [-0.15, -0.1) is 0 Å². The van der Waals surface area contributed by atoms with Crippen molar-refractivity contribution in [1.29, 1.82) is 0 Å². The third kappa shape index (κ3) is 3.72. The van der Waals surface area contributed by atoms with E-state index in [1.165, 1.54) is 18.2 Å². The molecule has 0 amide bonds. The number of hydrogen-bond acceptors (Lipinski definition) is 4. The van der Waals surface area contributed by atoms with Crippen molar-refractivity contribution in [2.75, 3.05) is 6.54 Å². The van der Waals surface area contributed by atoms with Gasteiger partial charge in [-0.25, -0.2) is 12.8 Å². The number of carbonyl (C=O) groups is 1. The molecule has 0 spiro atoms. The molecule has 25 heavy (non-hydrogen) atoms. The first kappa shape index (κ1) is 17.6. The molecular weight excluding hydrogens is 345 g/mol. The molecule has 0 saturated carbocycles. The van der Waals surface area contributed by atoms with Gasteiger partial charge in [0.2, 0.25) is 10.0 Å². The van der Waals surface area contributed by atoms with Crippen LogP contribution >= 0.6 is 0 Å². The first-order chi connectivity index (χ1) is 12.0. The molecule has 0 radical (unpaired) electrons. The normalized spacial score (nSPS) is 18.2. The molecule has 5 nitrogen and oxygen atoms in total. The highest BCUT2D eigenvalue weighted by Gasteiger charge is 2.41. The van der Waals surface area contributed by atoms with Crippen molar-refractivity contribution in [2.45, 2.75) is 30.4 Å². The van der Waals surface area contributed by atoms with Crippen LogP contribution in [0, 0.1) is 5.82 Å². The van der Waals surface area contributed by atoms with Crippen LogP contribution in [0.2, 0.25) is 0 Å². The Bertz CT molecular complexity index is 854. The van der Waals surface area contributed by atoms with Gasteiger partial charge in [-0.1, -0.05) is 42.5 Å². The summed E-state index contributed by atoms with van der Waals surface area (Å²) in [6, 6.07) is 13.4. The maximum absolute atomic E-state index is 13.9. The number of halogens is 1. The molecule has 3 rings (SSSR count). The summed E-state index contributed by atoms with van der Waals surface area (Å²) >= 11 is 0. The fraction of sp³-hybridized carbons (Fsp3) is 0.278. The summed E-state index contributed by atoms with van der Waals surface area (Å²) in [6.07, 6.45) is 0.889. The minimum Gasteiger partial charge on any atom is -0.460 e. The second-order valence-electron chi connectivity index (χ2n) is 5.80. The molecule has 1 atom stereocenters. The zero-order valence-electron chi connectivity index (χ0n) is 13.5. The van der Waals surface area contributed by atoms with Crippen LogP contribution in [0.25, 0.3) is 0 Å². The molecule has 0 N–H and O–H groups in total. The molecule has 2 aromatic rings. The summed E-state index contributed by atoms with van der Waals surface area (Å²) in [5, 5.41) is 0. The van der Waals surface area contributed by atoms with Gasteiger partial charge in [0.25, 0.3) is 0 Å². The van der Waals surface area contributed by atoms with E-state index >= 15 is 0 Å². The van der Waals surface area contributed by atoms with E-state index in [4.69, 9.17) is 4.74 Å². The van der Waals surface area contributed by atoms with Crippen molar-refractivity contribution in [1.82, 2.24) is 4.31 Å². The monoisotopic (exact) mass is 363 g/mol. The molecule has 1 saturated heterocycles. The Labute approximate surface area is 146 Å². The van der Waals surface area contributed by atoms with E-state index in [1.54, 1.807) is 0 Å². The highest BCUT2D eigenvalue weighted by molar-refractivity contribution is 7.89. The second kappa shape index (κ2) is 7.33. The van der Waals surface area contributed by atoms with E-state index in [0.717, 1.165) is 15.9 Å². The molecule has 1 unspecified atom stereocenters. The molecular formula is C18H18FNO4S. The van der Waals surface area contributed by atoms with Crippen LogP contribution in [0.4, 0.5) is 4.39 Å². The Kier molecular flexibility index (Phi) is 5.15. The van der Waals surface area contributed by atoms with Gasteiger partial charge in [0, 0.05) is 6.54 Å². The summed E-state index contributed by atoms with van der Waals surface area (Å²) in [5.41, 5.74) is 0.817. The Morgan fingerprint density at radius 3 is 2.52 bits per heavy atom. The van der Waals surface area contributed by atoms with Crippen LogP contribution in [-0.2, 0) is 26.2 Å². The van der Waals surface area contributed by atoms with Crippen molar-refractivity contribution in [3.63, 3.8) is 0 Å². The first-order valence-electron chi connectivity index (χ1n) is 7.97. The number of esters is 1. The van der Waals surface area contributed by atoms with Crippen molar-refractivity contribution in [2.24, 2.45) is 0 Å². The van der Waals surface area contributed by atoms with E-state index in [2.05, 4.69) is 0 Å². The van der Waals surface area contributed by atoms with Crippen molar-refractivity contribution in [3.05, 3.63) is 66.0 Å². The van der Waals surface area contributed by atoms with Crippen LogP contribution in [0.5, 0.6) is 0 Å². The topological polar surface area (TPSA) is 63.7 Å². The van der Waals surface area contributed by atoms with Gasteiger partial charge in [0.1, 0.15) is 23.4 Å². The number of hydrogen-bond donors (Lipinski definition) is 0. The summed E-state index contributed by atoms with van der Waals surface area (Å²) in [4.78, 5) is 12.0. The van der Waals surface area contributed by atoms with Crippen LogP contribution < -0.4 is 0 Å². The quantitative estimate of drug-likeness (QED) is 0.767. The summed E-state index contributed by atoms with van der Waals surface area (Å²) in [5.74, 6) is -1.44. The molecule has 1 aliphatic rings. The van der Waals surface area contributed by atoms with Gasteiger partial charge in [0.15, 0.2) is 0 Å². The number of ether oxygens (including phenoxy) is 1. The van der Waals surface area contributed by atoms with Gasteiger partial charge in [-0.05, 0) is 30.5 Å². The minimum atomic E-state index is -4.09. The molecule has 7 heteroatoms. The number of benzene rings is 2. The number of carbonyl (C=O) groups excluding carboxylic acids is 1. The van der Waals surface area contributed by atoms with E-state index in [-0.39, 0.29) is 13.2 Å². The summed E-state index contributed by atoms with van der Waals surface area (Å²) in [7, 11) is -4.09. The fourth-order valence-corrected chi connectivity index (χ4v) is 4.58. The highest BCUT2D eigenvalue weighted by Crippen LogP contribution is 2.28. The summed E-state index contributed by atoms with van der Waals surface area (Å²) in [6.45, 7) is 0.242. The van der Waals surface area contributed by atoms with E-state index in [9.17, 15) is 17.6 Å². The van der Waals surface area contributed by atoms with Crippen LogP contribution in [0.15, 0.2) is 59.5 Å². The van der Waals surface area contributed by atoms with Gasteiger partial charge >= 0.3 is 5.97 Å². The Morgan fingerprint density at radius 1 is 1.12 bits per heavy atom. The molecule has 1 fully saturated rings. The van der Waals surface area contributed by atoms with Crippen molar-refractivity contribution in [3.8, 4) is 0 Å². The van der Waals surface area contributed by atoms with Gasteiger partial charge in [0.05, 0.1) is 0 Å². The number of nitrogens with zero attached hydrogens (tertiary/aromatic N) is 1. The van der Waals surface area contributed by atoms with E-state index in [0.29, 0.717) is 12.8 Å². The van der Waals surface area contributed by atoms with Gasteiger partial charge in [-0.2, -0.15) is 4.31 Å². The Hall–Kier alpha value is -2.25. The maximum atomic E-state index is 13.9. The zero-order valence-corrected chi connectivity index (χ0v) is 14.3. The third-order valence-corrected chi connectivity index (χ3v) is 6.06. The first-order valence-corrected chi connectivity index (χ1v) is 9.41. The molecule has 2 aromatic carbocycles. The average Bonchev–Trinajstić information content (AvgIpc) is 3.11. The van der Waals surface area contributed by atoms with Crippen LogP contribution in [0.1, 0.15) is 18.4 Å². The lowest BCUT2D eigenvalue weighted by Crippen LogP contribution is -2.41. The van der Waals surface area contributed by atoms with Crippen LogP contribution in [-0.4, -0.2) is 31.3 Å².